The van der Waals surface area contributed by atoms with Crippen LogP contribution in [0.5, 0.6) is 0 Å². The summed E-state index contributed by atoms with van der Waals surface area (Å²) >= 11 is 1.99. The number of thioether (sulfide) groups is 1. The van der Waals surface area contributed by atoms with E-state index >= 15 is 0 Å². The summed E-state index contributed by atoms with van der Waals surface area (Å²) in [5.41, 5.74) is 0. The van der Waals surface area contributed by atoms with E-state index in [2.05, 4.69) is 26.3 Å². The van der Waals surface area contributed by atoms with Gasteiger partial charge in [0.2, 0.25) is 0 Å². The number of nitrogens with one attached hydrogen (secondary N) is 1. The Balaban J connectivity index is 1.90. The first-order chi connectivity index (χ1) is 8.22. The van der Waals surface area contributed by atoms with E-state index in [1.165, 1.54) is 25.7 Å². The molecule has 0 aliphatic heterocycles. The molecule has 2 rings (SSSR count). The first-order valence-electron chi connectivity index (χ1n) is 6.33. The van der Waals surface area contributed by atoms with Gasteiger partial charge in [0.25, 0.3) is 0 Å². The van der Waals surface area contributed by atoms with Crippen LogP contribution in [0, 0.1) is 6.92 Å². The molecule has 2 unspecified atom stereocenters. The first kappa shape index (κ1) is 12.9. The summed E-state index contributed by atoms with van der Waals surface area (Å²) in [7, 11) is 2.03. The van der Waals surface area contributed by atoms with E-state index in [4.69, 9.17) is 0 Å². The molecule has 0 bridgehead atoms. The number of aromatic nitrogens is 3. The van der Waals surface area contributed by atoms with E-state index in [1.807, 2.05) is 25.7 Å². The average molecular weight is 254 g/mol. The maximum absolute atomic E-state index is 4.19. The van der Waals surface area contributed by atoms with E-state index in [9.17, 15) is 0 Å². The van der Waals surface area contributed by atoms with Crippen molar-refractivity contribution in [2.75, 3.05) is 6.26 Å². The number of nitrogens with zero attached hydrogens (tertiary/aromatic N) is 3. The minimum Gasteiger partial charge on any atom is -0.317 e. The number of hydrogen-bond acceptors (Lipinski definition) is 4. The van der Waals surface area contributed by atoms with Crippen LogP contribution in [0.4, 0.5) is 0 Å². The molecule has 17 heavy (non-hydrogen) atoms. The van der Waals surface area contributed by atoms with Gasteiger partial charge in [-0.1, -0.05) is 12.8 Å². The highest BCUT2D eigenvalue weighted by Crippen LogP contribution is 2.27. The van der Waals surface area contributed by atoms with Crippen LogP contribution in [0.25, 0.3) is 0 Å². The number of hydrogen-bond donors (Lipinski definition) is 1. The van der Waals surface area contributed by atoms with Crippen molar-refractivity contribution >= 4 is 11.8 Å². The highest BCUT2D eigenvalue weighted by atomic mass is 32.2. The molecule has 1 N–H and O–H groups in total. The zero-order valence-electron chi connectivity index (χ0n) is 10.9. The first-order valence-corrected chi connectivity index (χ1v) is 7.62. The minimum absolute atomic E-state index is 0.635. The number of rotatable bonds is 4. The van der Waals surface area contributed by atoms with E-state index in [0.717, 1.165) is 23.4 Å². The van der Waals surface area contributed by atoms with Gasteiger partial charge in [-0.25, -0.2) is 0 Å². The third-order valence-electron chi connectivity index (χ3n) is 3.71. The summed E-state index contributed by atoms with van der Waals surface area (Å²) in [5.74, 6) is 2.01. The lowest BCUT2D eigenvalue weighted by Crippen LogP contribution is -2.40. The fourth-order valence-electron chi connectivity index (χ4n) is 2.44. The van der Waals surface area contributed by atoms with Crippen molar-refractivity contribution in [2.24, 2.45) is 7.05 Å². The third kappa shape index (κ3) is 3.01. The van der Waals surface area contributed by atoms with Crippen LogP contribution in [-0.4, -0.2) is 32.3 Å². The molecule has 0 radical (unpaired) electrons. The lowest BCUT2D eigenvalue weighted by Gasteiger charge is -2.30. The van der Waals surface area contributed by atoms with Gasteiger partial charge in [0.05, 0.1) is 6.54 Å². The molecule has 0 amide bonds. The normalized spacial score (nSPS) is 25.1. The summed E-state index contributed by atoms with van der Waals surface area (Å²) in [6.07, 6.45) is 7.59. The molecule has 1 aromatic rings. The molecule has 0 saturated heterocycles. The van der Waals surface area contributed by atoms with Crippen LogP contribution in [0.3, 0.4) is 0 Å². The quantitative estimate of drug-likeness (QED) is 0.891. The molecule has 96 valence electrons. The van der Waals surface area contributed by atoms with Crippen molar-refractivity contribution in [2.45, 2.75) is 50.4 Å². The van der Waals surface area contributed by atoms with Crippen molar-refractivity contribution in [3.63, 3.8) is 0 Å². The number of aryl methyl sites for hydroxylation is 1. The highest BCUT2D eigenvalue weighted by Gasteiger charge is 2.24. The molecule has 1 heterocycles. The van der Waals surface area contributed by atoms with Gasteiger partial charge < -0.3 is 9.88 Å². The third-order valence-corrected chi connectivity index (χ3v) is 4.88. The predicted octanol–water partition coefficient (Wildman–Crippen LogP) is 1.89. The summed E-state index contributed by atoms with van der Waals surface area (Å²) in [6.45, 7) is 2.82. The van der Waals surface area contributed by atoms with Gasteiger partial charge in [0.1, 0.15) is 11.6 Å². The highest BCUT2D eigenvalue weighted by molar-refractivity contribution is 7.99. The Bertz CT molecular complexity index is 363. The van der Waals surface area contributed by atoms with E-state index < -0.39 is 0 Å². The van der Waals surface area contributed by atoms with Crippen LogP contribution < -0.4 is 5.32 Å². The van der Waals surface area contributed by atoms with Gasteiger partial charge in [-0.05, 0) is 26.0 Å². The van der Waals surface area contributed by atoms with Gasteiger partial charge in [0, 0.05) is 18.3 Å². The van der Waals surface area contributed by atoms with Crippen molar-refractivity contribution in [3.05, 3.63) is 11.6 Å². The molecule has 1 aromatic heterocycles. The zero-order chi connectivity index (χ0) is 12.3. The molecule has 1 saturated carbocycles. The monoisotopic (exact) mass is 254 g/mol. The smallest absolute Gasteiger partial charge is 0.146 e. The van der Waals surface area contributed by atoms with E-state index in [0.29, 0.717) is 6.04 Å². The fourth-order valence-corrected chi connectivity index (χ4v) is 3.40. The van der Waals surface area contributed by atoms with Crippen molar-refractivity contribution < 1.29 is 0 Å². The SMILES string of the molecule is CSC1CCCCC1NCc1nnc(C)n1C. The Hall–Kier alpha value is -0.550. The molecule has 1 fully saturated rings. The fraction of sp³-hybridized carbons (Fsp3) is 0.833. The molecule has 2 atom stereocenters. The van der Waals surface area contributed by atoms with E-state index in [1.54, 1.807) is 0 Å². The molecule has 1 aliphatic carbocycles. The molecule has 0 spiro atoms. The van der Waals surface area contributed by atoms with Crippen LogP contribution in [-0.2, 0) is 13.6 Å². The molecular weight excluding hydrogens is 232 g/mol. The van der Waals surface area contributed by atoms with Gasteiger partial charge in [-0.2, -0.15) is 11.8 Å². The Labute approximate surface area is 108 Å². The standard InChI is InChI=1S/C12H22N4S/c1-9-14-15-12(16(9)2)8-13-10-6-4-5-7-11(10)17-3/h10-11,13H,4-8H2,1-3H3. The Kier molecular flexibility index (Phi) is 4.45. The summed E-state index contributed by atoms with van der Waals surface area (Å²) in [4.78, 5) is 0. The largest absolute Gasteiger partial charge is 0.317 e. The minimum atomic E-state index is 0.635. The molecule has 1 aliphatic rings. The second-order valence-corrected chi connectivity index (χ2v) is 5.85. The van der Waals surface area contributed by atoms with Gasteiger partial charge in [-0.15, -0.1) is 10.2 Å². The lowest BCUT2D eigenvalue weighted by atomic mass is 9.95. The lowest BCUT2D eigenvalue weighted by molar-refractivity contribution is 0.378. The maximum atomic E-state index is 4.19. The predicted molar refractivity (Wildman–Crippen MR) is 72.1 cm³/mol. The van der Waals surface area contributed by atoms with Gasteiger partial charge >= 0.3 is 0 Å². The summed E-state index contributed by atoms with van der Waals surface area (Å²) in [5, 5.41) is 12.7. The van der Waals surface area contributed by atoms with Crippen LogP contribution in [0.2, 0.25) is 0 Å². The van der Waals surface area contributed by atoms with Gasteiger partial charge in [-0.3, -0.25) is 0 Å². The molecule has 5 heteroatoms. The topological polar surface area (TPSA) is 42.7 Å². The maximum Gasteiger partial charge on any atom is 0.146 e. The second kappa shape index (κ2) is 5.87. The Morgan fingerprint density at radius 3 is 2.76 bits per heavy atom. The van der Waals surface area contributed by atoms with Crippen LogP contribution in [0.15, 0.2) is 0 Å². The summed E-state index contributed by atoms with van der Waals surface area (Å²) in [6, 6.07) is 0.635. The van der Waals surface area contributed by atoms with Crippen molar-refractivity contribution in [1.82, 2.24) is 20.1 Å². The Morgan fingerprint density at radius 2 is 2.12 bits per heavy atom. The van der Waals surface area contributed by atoms with E-state index in [-0.39, 0.29) is 0 Å². The van der Waals surface area contributed by atoms with Crippen molar-refractivity contribution in [1.29, 1.82) is 0 Å². The van der Waals surface area contributed by atoms with Gasteiger partial charge in [0.15, 0.2) is 0 Å². The van der Waals surface area contributed by atoms with Crippen LogP contribution in [0.1, 0.15) is 37.3 Å². The second-order valence-electron chi connectivity index (χ2n) is 4.77. The van der Waals surface area contributed by atoms with Crippen LogP contribution >= 0.6 is 11.8 Å². The zero-order valence-corrected chi connectivity index (χ0v) is 11.8. The van der Waals surface area contributed by atoms with Crippen molar-refractivity contribution in [3.8, 4) is 0 Å². The summed E-state index contributed by atoms with van der Waals surface area (Å²) < 4.78 is 2.06. The molecule has 0 aromatic carbocycles. The Morgan fingerprint density at radius 1 is 1.35 bits per heavy atom. The molecular formula is C12H22N4S. The average Bonchev–Trinajstić information content (AvgIpc) is 2.68. The molecule has 4 nitrogen and oxygen atoms in total.